The number of aromatic amines is 1. The molecule has 5 N–H and O–H groups in total. The summed E-state index contributed by atoms with van der Waals surface area (Å²) in [6, 6.07) is 7.53. The molecule has 2 atom stereocenters. The number of para-hydroxylation sites is 1. The molecule has 0 aliphatic carbocycles. The minimum absolute atomic E-state index is 0.00518. The van der Waals surface area contributed by atoms with Crippen molar-refractivity contribution in [1.82, 2.24) is 20.5 Å². The summed E-state index contributed by atoms with van der Waals surface area (Å²) in [6.07, 6.45) is 2.81. The number of nitrogens with zero attached hydrogens (tertiary/aromatic N) is 1. The van der Waals surface area contributed by atoms with Crippen molar-refractivity contribution in [3.05, 3.63) is 36.0 Å². The number of carbonyl (C=O) groups excluding carboxylic acids is 2. The molecule has 0 saturated carbocycles. The van der Waals surface area contributed by atoms with E-state index in [2.05, 4.69) is 20.1 Å². The number of hydrogen-bond donors (Lipinski definition) is 5. The largest absolute Gasteiger partial charge is 0.471 e. The fraction of sp³-hybridized carbons (Fsp3) is 0.474. The van der Waals surface area contributed by atoms with E-state index in [4.69, 9.17) is 9.79 Å². The van der Waals surface area contributed by atoms with Crippen LogP contribution >= 0.6 is 7.82 Å². The van der Waals surface area contributed by atoms with E-state index in [9.17, 15) is 14.2 Å². The lowest BCUT2D eigenvalue weighted by Gasteiger charge is -2.28. The zero-order chi connectivity index (χ0) is 21.7. The summed E-state index contributed by atoms with van der Waals surface area (Å²) in [7, 11) is -4.79. The quantitative estimate of drug-likeness (QED) is 0.289. The molecule has 30 heavy (non-hydrogen) atoms. The number of amides is 2. The summed E-state index contributed by atoms with van der Waals surface area (Å²) in [5, 5.41) is 6.44. The average molecular weight is 438 g/mol. The molecule has 1 fully saturated rings. The van der Waals surface area contributed by atoms with Crippen LogP contribution in [0.25, 0.3) is 10.9 Å². The Morgan fingerprint density at radius 3 is 2.87 bits per heavy atom. The van der Waals surface area contributed by atoms with Gasteiger partial charge < -0.3 is 25.4 Å². The van der Waals surface area contributed by atoms with Crippen molar-refractivity contribution in [3.63, 3.8) is 0 Å². The Hall–Kier alpha value is -2.23. The first-order chi connectivity index (χ1) is 14.2. The first kappa shape index (κ1) is 22.5. The van der Waals surface area contributed by atoms with E-state index in [1.54, 1.807) is 4.90 Å². The molecule has 3 rings (SSSR count). The fourth-order valence-electron chi connectivity index (χ4n) is 3.83. The molecule has 0 bridgehead atoms. The number of H-pyrrole nitrogens is 1. The summed E-state index contributed by atoms with van der Waals surface area (Å²) in [6.45, 7) is 2.28. The van der Waals surface area contributed by atoms with E-state index in [1.807, 2.05) is 30.5 Å². The van der Waals surface area contributed by atoms with Gasteiger partial charge in [0.05, 0.1) is 6.04 Å². The smallest absolute Gasteiger partial charge is 0.361 e. The minimum Gasteiger partial charge on any atom is -0.361 e. The van der Waals surface area contributed by atoms with Gasteiger partial charge in [0.2, 0.25) is 11.8 Å². The molecule has 0 radical (unpaired) electrons. The van der Waals surface area contributed by atoms with Gasteiger partial charge in [-0.25, -0.2) is 4.57 Å². The van der Waals surface area contributed by atoms with Gasteiger partial charge in [-0.05, 0) is 37.4 Å². The topological polar surface area (TPSA) is 144 Å². The summed E-state index contributed by atoms with van der Waals surface area (Å²) in [4.78, 5) is 47.2. The van der Waals surface area contributed by atoms with Crippen molar-refractivity contribution < 1.29 is 28.5 Å². The number of carbonyl (C=O) groups is 2. The van der Waals surface area contributed by atoms with Gasteiger partial charge in [-0.15, -0.1) is 0 Å². The van der Waals surface area contributed by atoms with Crippen LogP contribution in [0.1, 0.15) is 25.3 Å². The van der Waals surface area contributed by atoms with Gasteiger partial charge in [0.15, 0.2) is 6.23 Å². The third-order valence-electron chi connectivity index (χ3n) is 5.06. The van der Waals surface area contributed by atoms with E-state index in [1.165, 1.54) is 6.92 Å². The van der Waals surface area contributed by atoms with Gasteiger partial charge >= 0.3 is 7.82 Å². The monoisotopic (exact) mass is 438 g/mol. The van der Waals surface area contributed by atoms with Crippen LogP contribution in [0.5, 0.6) is 0 Å². The van der Waals surface area contributed by atoms with E-state index in [-0.39, 0.29) is 12.5 Å². The van der Waals surface area contributed by atoms with Gasteiger partial charge in [-0.1, -0.05) is 18.2 Å². The Balaban J connectivity index is 1.55. The standard InChI is InChI=1S/C19H27N4O6P/c1-13(24)22-18(29-30(26,27)28)12-23-10-4-7-17(23)19(25)20-9-8-14-11-21-16-6-3-2-5-15(14)16/h2-3,5-6,11,17-18,21H,4,7-10,12H2,1H3,(H,20,25)(H,22,24)(H2,26,27,28)/t17-,18-/m0/s1. The number of phosphoric acid groups is 1. The lowest BCUT2D eigenvalue weighted by atomic mass is 10.1. The highest BCUT2D eigenvalue weighted by atomic mass is 31.2. The molecular formula is C19H27N4O6P. The van der Waals surface area contributed by atoms with Crippen molar-refractivity contribution in [2.75, 3.05) is 19.6 Å². The van der Waals surface area contributed by atoms with Crippen molar-refractivity contribution >= 4 is 30.5 Å². The number of aromatic nitrogens is 1. The Morgan fingerprint density at radius 2 is 2.13 bits per heavy atom. The molecule has 1 aromatic heterocycles. The SMILES string of the molecule is CC(=O)N[C@H](CN1CCC[C@H]1C(=O)NCCc1c[nH]c2ccccc12)OP(=O)(O)O. The first-order valence-electron chi connectivity index (χ1n) is 9.81. The van der Waals surface area contributed by atoms with Crippen LogP contribution in [-0.4, -0.2) is 63.4 Å². The summed E-state index contributed by atoms with van der Waals surface area (Å²) in [5.74, 6) is -0.627. The maximum absolute atomic E-state index is 12.7. The van der Waals surface area contributed by atoms with Crippen molar-refractivity contribution in [2.24, 2.45) is 0 Å². The van der Waals surface area contributed by atoms with Crippen LogP contribution in [0.4, 0.5) is 0 Å². The highest BCUT2D eigenvalue weighted by Gasteiger charge is 2.34. The molecule has 0 spiro atoms. The molecular weight excluding hydrogens is 411 g/mol. The molecule has 164 valence electrons. The van der Waals surface area contributed by atoms with Crippen molar-refractivity contribution in [3.8, 4) is 0 Å². The van der Waals surface area contributed by atoms with E-state index >= 15 is 0 Å². The van der Waals surface area contributed by atoms with Gasteiger partial charge in [0, 0.05) is 37.1 Å². The summed E-state index contributed by atoms with van der Waals surface area (Å²) in [5.41, 5.74) is 2.17. The Bertz CT molecular complexity index is 942. The Morgan fingerprint density at radius 1 is 1.37 bits per heavy atom. The first-order valence-corrected chi connectivity index (χ1v) is 11.3. The van der Waals surface area contributed by atoms with Crippen LogP contribution in [0.2, 0.25) is 0 Å². The number of hydrogen-bond acceptors (Lipinski definition) is 5. The van der Waals surface area contributed by atoms with Gasteiger partial charge in [0.25, 0.3) is 0 Å². The maximum Gasteiger partial charge on any atom is 0.471 e. The molecule has 1 aromatic carbocycles. The lowest BCUT2D eigenvalue weighted by Crippen LogP contribution is -2.50. The summed E-state index contributed by atoms with van der Waals surface area (Å²) < 4.78 is 15.8. The normalized spacial score (nSPS) is 18.4. The summed E-state index contributed by atoms with van der Waals surface area (Å²) >= 11 is 0. The number of fused-ring (bicyclic) bond motifs is 1. The van der Waals surface area contributed by atoms with Gasteiger partial charge in [-0.2, -0.15) is 0 Å². The second-order valence-electron chi connectivity index (χ2n) is 7.34. The molecule has 2 heterocycles. The van der Waals surface area contributed by atoms with Crippen LogP contribution in [0, 0.1) is 0 Å². The number of benzene rings is 1. The number of nitrogens with one attached hydrogen (secondary N) is 3. The van der Waals surface area contributed by atoms with Crippen molar-refractivity contribution in [1.29, 1.82) is 0 Å². The molecule has 10 nitrogen and oxygen atoms in total. The Kier molecular flexibility index (Phi) is 7.27. The average Bonchev–Trinajstić information content (AvgIpc) is 3.27. The minimum atomic E-state index is -4.79. The van der Waals surface area contributed by atoms with Gasteiger partial charge in [0.1, 0.15) is 0 Å². The zero-order valence-corrected chi connectivity index (χ0v) is 17.6. The Labute approximate surface area is 174 Å². The van der Waals surface area contributed by atoms with Crippen molar-refractivity contribution in [2.45, 2.75) is 38.5 Å². The van der Waals surface area contributed by atoms with E-state index in [0.29, 0.717) is 25.9 Å². The number of rotatable bonds is 9. The third-order valence-corrected chi connectivity index (χ3v) is 5.59. The molecule has 11 heteroatoms. The molecule has 1 aliphatic heterocycles. The predicted molar refractivity (Wildman–Crippen MR) is 110 cm³/mol. The molecule has 1 saturated heterocycles. The second-order valence-corrected chi connectivity index (χ2v) is 8.53. The lowest BCUT2D eigenvalue weighted by molar-refractivity contribution is -0.126. The van der Waals surface area contributed by atoms with Gasteiger partial charge in [-0.3, -0.25) is 19.0 Å². The van der Waals surface area contributed by atoms with Crippen LogP contribution in [0.15, 0.2) is 30.5 Å². The van der Waals surface area contributed by atoms with E-state index < -0.39 is 26.0 Å². The fourth-order valence-corrected chi connectivity index (χ4v) is 4.28. The van der Waals surface area contributed by atoms with E-state index in [0.717, 1.165) is 22.9 Å². The third kappa shape index (κ3) is 6.13. The molecule has 1 aliphatic rings. The molecule has 2 amide bonds. The highest BCUT2D eigenvalue weighted by molar-refractivity contribution is 7.46. The zero-order valence-electron chi connectivity index (χ0n) is 16.7. The van der Waals surface area contributed by atoms with Crippen LogP contribution in [-0.2, 0) is 25.1 Å². The number of phosphoric ester groups is 1. The van der Waals surface area contributed by atoms with Crippen LogP contribution < -0.4 is 10.6 Å². The highest BCUT2D eigenvalue weighted by Crippen LogP contribution is 2.37. The molecule has 0 unspecified atom stereocenters. The van der Waals surface area contributed by atoms with Crippen LogP contribution in [0.3, 0.4) is 0 Å². The predicted octanol–water partition coefficient (Wildman–Crippen LogP) is 0.863. The number of likely N-dealkylation sites (tertiary alicyclic amines) is 1. The second kappa shape index (κ2) is 9.72. The molecule has 2 aromatic rings. The maximum atomic E-state index is 12.7.